The summed E-state index contributed by atoms with van der Waals surface area (Å²) in [5, 5.41) is 13.2. The van der Waals surface area contributed by atoms with Crippen molar-refractivity contribution in [3.63, 3.8) is 0 Å². The Morgan fingerprint density at radius 1 is 1.32 bits per heavy atom. The molecule has 0 radical (unpaired) electrons. The molecule has 0 fully saturated rings. The predicted octanol–water partition coefficient (Wildman–Crippen LogP) is 2.78. The molecule has 0 spiro atoms. The number of hydrogen-bond acceptors (Lipinski definition) is 3. The molecule has 0 saturated heterocycles. The van der Waals surface area contributed by atoms with Gasteiger partial charge in [0.25, 0.3) is 0 Å². The quantitative estimate of drug-likeness (QED) is 0.889. The average molecular weight is 261 g/mol. The van der Waals surface area contributed by atoms with E-state index in [1.807, 2.05) is 35.9 Å². The van der Waals surface area contributed by atoms with Gasteiger partial charge < -0.3 is 15.0 Å². The Bertz CT molecular complexity index is 554. The highest BCUT2D eigenvalue weighted by atomic mass is 16.3. The standard InChI is InChI=1S/C15H23N3O/c1-15(2,3)9-11(19)10-16-14-17-12-7-5-6-8-13(12)18(14)4/h5-8,11,19H,9-10H2,1-4H3,(H,16,17). The lowest BCUT2D eigenvalue weighted by atomic mass is 9.89. The van der Waals surface area contributed by atoms with Crippen LogP contribution in [0.15, 0.2) is 24.3 Å². The highest BCUT2D eigenvalue weighted by Gasteiger charge is 2.17. The Morgan fingerprint density at radius 3 is 2.63 bits per heavy atom. The van der Waals surface area contributed by atoms with Gasteiger partial charge in [-0.2, -0.15) is 0 Å². The summed E-state index contributed by atoms with van der Waals surface area (Å²) < 4.78 is 2.01. The summed E-state index contributed by atoms with van der Waals surface area (Å²) in [6, 6.07) is 8.01. The van der Waals surface area contributed by atoms with Crippen molar-refractivity contribution >= 4 is 17.0 Å². The Balaban J connectivity index is 2.04. The van der Waals surface area contributed by atoms with Crippen LogP contribution in [-0.4, -0.2) is 27.3 Å². The topological polar surface area (TPSA) is 50.1 Å². The SMILES string of the molecule is Cn1c(NCC(O)CC(C)(C)C)nc2ccccc21. The Labute approximate surface area is 114 Å². The van der Waals surface area contributed by atoms with Crippen molar-refractivity contribution in [1.29, 1.82) is 0 Å². The maximum absolute atomic E-state index is 10.0. The molecule has 2 N–H and O–H groups in total. The van der Waals surface area contributed by atoms with Crippen LogP contribution in [0.2, 0.25) is 0 Å². The number of benzene rings is 1. The monoisotopic (exact) mass is 261 g/mol. The molecule has 4 heteroatoms. The number of nitrogens with one attached hydrogen (secondary N) is 1. The van der Waals surface area contributed by atoms with Crippen LogP contribution >= 0.6 is 0 Å². The Hall–Kier alpha value is -1.55. The maximum Gasteiger partial charge on any atom is 0.203 e. The van der Waals surface area contributed by atoms with Gasteiger partial charge in [0, 0.05) is 13.6 Å². The second-order valence-corrected chi connectivity index (χ2v) is 6.28. The minimum absolute atomic E-state index is 0.132. The fourth-order valence-electron chi connectivity index (χ4n) is 2.29. The van der Waals surface area contributed by atoms with Crippen molar-refractivity contribution in [2.24, 2.45) is 12.5 Å². The van der Waals surface area contributed by atoms with Crippen molar-refractivity contribution in [3.05, 3.63) is 24.3 Å². The molecule has 4 nitrogen and oxygen atoms in total. The van der Waals surface area contributed by atoms with Crippen LogP contribution in [0.25, 0.3) is 11.0 Å². The summed E-state index contributed by atoms with van der Waals surface area (Å²) in [7, 11) is 1.98. The molecule has 0 saturated carbocycles. The van der Waals surface area contributed by atoms with E-state index >= 15 is 0 Å². The molecule has 1 heterocycles. The van der Waals surface area contributed by atoms with Crippen LogP contribution in [0, 0.1) is 5.41 Å². The Morgan fingerprint density at radius 2 is 2.00 bits per heavy atom. The molecular weight excluding hydrogens is 238 g/mol. The fourth-order valence-corrected chi connectivity index (χ4v) is 2.29. The molecule has 19 heavy (non-hydrogen) atoms. The van der Waals surface area contributed by atoms with Gasteiger partial charge >= 0.3 is 0 Å². The zero-order valence-electron chi connectivity index (χ0n) is 12.1. The highest BCUT2D eigenvalue weighted by molar-refractivity contribution is 5.78. The van der Waals surface area contributed by atoms with E-state index in [-0.39, 0.29) is 11.5 Å². The van der Waals surface area contributed by atoms with Gasteiger partial charge in [-0.3, -0.25) is 0 Å². The lowest BCUT2D eigenvalue weighted by Gasteiger charge is -2.22. The lowest BCUT2D eigenvalue weighted by molar-refractivity contribution is 0.132. The number of fused-ring (bicyclic) bond motifs is 1. The van der Waals surface area contributed by atoms with E-state index in [2.05, 4.69) is 31.1 Å². The van der Waals surface area contributed by atoms with Gasteiger partial charge in [0.05, 0.1) is 17.1 Å². The van der Waals surface area contributed by atoms with E-state index in [9.17, 15) is 5.11 Å². The number of aryl methyl sites for hydroxylation is 1. The molecule has 1 unspecified atom stereocenters. The summed E-state index contributed by atoms with van der Waals surface area (Å²) in [6.07, 6.45) is 0.407. The molecule has 0 aliphatic rings. The van der Waals surface area contributed by atoms with Crippen LogP contribution in [0.3, 0.4) is 0 Å². The molecule has 1 aromatic carbocycles. The van der Waals surface area contributed by atoms with Crippen LogP contribution in [0.4, 0.5) is 5.95 Å². The molecular formula is C15H23N3O. The van der Waals surface area contributed by atoms with Crippen molar-refractivity contribution in [1.82, 2.24) is 9.55 Å². The molecule has 2 aromatic rings. The first-order chi connectivity index (χ1) is 8.87. The van der Waals surface area contributed by atoms with Crippen LogP contribution in [-0.2, 0) is 7.05 Å². The first-order valence-corrected chi connectivity index (χ1v) is 6.70. The molecule has 0 aliphatic heterocycles. The first kappa shape index (κ1) is 13.9. The van der Waals surface area contributed by atoms with E-state index in [1.54, 1.807) is 0 Å². The normalized spacial score (nSPS) is 13.7. The molecule has 1 atom stereocenters. The second-order valence-electron chi connectivity index (χ2n) is 6.28. The largest absolute Gasteiger partial charge is 0.391 e. The lowest BCUT2D eigenvalue weighted by Crippen LogP contribution is -2.25. The number of anilines is 1. The number of nitrogens with zero attached hydrogens (tertiary/aromatic N) is 2. The zero-order valence-corrected chi connectivity index (χ0v) is 12.1. The van der Waals surface area contributed by atoms with Gasteiger partial charge in [0.2, 0.25) is 5.95 Å². The van der Waals surface area contributed by atoms with Crippen molar-refractivity contribution in [2.75, 3.05) is 11.9 Å². The van der Waals surface area contributed by atoms with Crippen LogP contribution in [0.5, 0.6) is 0 Å². The minimum atomic E-state index is -0.361. The number of aliphatic hydroxyl groups is 1. The van der Waals surface area contributed by atoms with E-state index in [1.165, 1.54) is 0 Å². The fraction of sp³-hybridized carbons (Fsp3) is 0.533. The predicted molar refractivity (Wildman–Crippen MR) is 79.3 cm³/mol. The minimum Gasteiger partial charge on any atom is -0.391 e. The van der Waals surface area contributed by atoms with E-state index in [4.69, 9.17) is 0 Å². The van der Waals surface area contributed by atoms with E-state index in [0.717, 1.165) is 23.4 Å². The molecule has 0 bridgehead atoms. The van der Waals surface area contributed by atoms with Crippen LogP contribution in [0.1, 0.15) is 27.2 Å². The first-order valence-electron chi connectivity index (χ1n) is 6.70. The summed E-state index contributed by atoms with van der Waals surface area (Å²) in [5.41, 5.74) is 2.20. The summed E-state index contributed by atoms with van der Waals surface area (Å²) >= 11 is 0. The number of rotatable bonds is 4. The molecule has 104 valence electrons. The molecule has 2 rings (SSSR count). The number of aromatic nitrogens is 2. The Kier molecular flexibility index (Phi) is 3.80. The summed E-state index contributed by atoms with van der Waals surface area (Å²) in [6.45, 7) is 6.91. The number of hydrogen-bond donors (Lipinski definition) is 2. The van der Waals surface area contributed by atoms with Gasteiger partial charge in [-0.15, -0.1) is 0 Å². The smallest absolute Gasteiger partial charge is 0.203 e. The number of imidazole rings is 1. The van der Waals surface area contributed by atoms with Crippen LogP contribution < -0.4 is 5.32 Å². The van der Waals surface area contributed by atoms with Crippen molar-refractivity contribution in [2.45, 2.75) is 33.3 Å². The summed E-state index contributed by atoms with van der Waals surface area (Å²) in [5.74, 6) is 0.800. The third-order valence-electron chi connectivity index (χ3n) is 3.13. The number of aliphatic hydroxyl groups excluding tert-OH is 1. The molecule has 0 amide bonds. The maximum atomic E-state index is 10.0. The average Bonchev–Trinajstić information content (AvgIpc) is 2.62. The third-order valence-corrected chi connectivity index (χ3v) is 3.13. The molecule has 0 aliphatic carbocycles. The van der Waals surface area contributed by atoms with Gasteiger partial charge in [-0.1, -0.05) is 32.9 Å². The van der Waals surface area contributed by atoms with Crippen molar-refractivity contribution < 1.29 is 5.11 Å². The van der Waals surface area contributed by atoms with Gasteiger partial charge in [-0.05, 0) is 24.0 Å². The second kappa shape index (κ2) is 5.21. The van der Waals surface area contributed by atoms with Gasteiger partial charge in [-0.25, -0.2) is 4.98 Å². The zero-order chi connectivity index (χ0) is 14.0. The van der Waals surface area contributed by atoms with E-state index < -0.39 is 0 Å². The third kappa shape index (κ3) is 3.47. The highest BCUT2D eigenvalue weighted by Crippen LogP contribution is 2.21. The van der Waals surface area contributed by atoms with Gasteiger partial charge in [0.15, 0.2) is 0 Å². The molecule has 1 aromatic heterocycles. The van der Waals surface area contributed by atoms with E-state index in [0.29, 0.717) is 6.54 Å². The summed E-state index contributed by atoms with van der Waals surface area (Å²) in [4.78, 5) is 4.52. The number of para-hydroxylation sites is 2. The van der Waals surface area contributed by atoms with Gasteiger partial charge in [0.1, 0.15) is 0 Å². The van der Waals surface area contributed by atoms with Crippen molar-refractivity contribution in [3.8, 4) is 0 Å².